The first-order chi connectivity index (χ1) is 8.95. The fraction of sp³-hybridized carbons (Fsp3) is 0.154. The van der Waals surface area contributed by atoms with Crippen molar-refractivity contribution in [2.75, 3.05) is 6.26 Å². The molecule has 0 fully saturated rings. The molecule has 0 aliphatic rings. The van der Waals surface area contributed by atoms with Crippen LogP contribution in [0.15, 0.2) is 52.1 Å². The summed E-state index contributed by atoms with van der Waals surface area (Å²) in [5.74, 6) is 0.618. The van der Waals surface area contributed by atoms with E-state index < -0.39 is 9.84 Å². The average molecular weight is 342 g/mol. The Balaban J connectivity index is 2.05. The van der Waals surface area contributed by atoms with Crippen molar-refractivity contribution in [2.24, 2.45) is 0 Å². The summed E-state index contributed by atoms with van der Waals surface area (Å²) >= 11 is 3.33. The van der Waals surface area contributed by atoms with Gasteiger partial charge >= 0.3 is 0 Å². The second-order valence-corrected chi connectivity index (χ2v) is 6.98. The highest BCUT2D eigenvalue weighted by atomic mass is 79.9. The number of pyridine rings is 1. The van der Waals surface area contributed by atoms with Crippen LogP contribution in [0.4, 0.5) is 0 Å². The van der Waals surface area contributed by atoms with Gasteiger partial charge in [0.2, 0.25) is 0 Å². The highest BCUT2D eigenvalue weighted by Crippen LogP contribution is 2.17. The zero-order chi connectivity index (χ0) is 13.9. The standard InChI is InChI=1S/C13H12BrNO3S/c1-19(16,17)13-4-2-12(3-5-13)18-9-10-6-11(14)8-15-7-10/h2-8H,9H2,1H3. The summed E-state index contributed by atoms with van der Waals surface area (Å²) in [4.78, 5) is 4.32. The first-order valence-electron chi connectivity index (χ1n) is 5.47. The Kier molecular flexibility index (Phi) is 4.21. The molecule has 19 heavy (non-hydrogen) atoms. The molecule has 1 aromatic carbocycles. The van der Waals surface area contributed by atoms with Gasteiger partial charge in [0.1, 0.15) is 12.4 Å². The number of hydrogen-bond acceptors (Lipinski definition) is 4. The van der Waals surface area contributed by atoms with Crippen LogP contribution in [-0.2, 0) is 16.4 Å². The quantitative estimate of drug-likeness (QED) is 0.857. The van der Waals surface area contributed by atoms with E-state index in [4.69, 9.17) is 4.74 Å². The molecule has 0 aliphatic heterocycles. The molecule has 4 nitrogen and oxygen atoms in total. The van der Waals surface area contributed by atoms with E-state index in [2.05, 4.69) is 20.9 Å². The zero-order valence-electron chi connectivity index (χ0n) is 10.2. The van der Waals surface area contributed by atoms with Gasteiger partial charge in [-0.25, -0.2) is 8.42 Å². The summed E-state index contributed by atoms with van der Waals surface area (Å²) in [6.45, 7) is 0.380. The van der Waals surface area contributed by atoms with Gasteiger partial charge in [0.25, 0.3) is 0 Å². The van der Waals surface area contributed by atoms with E-state index in [1.54, 1.807) is 24.5 Å². The van der Waals surface area contributed by atoms with E-state index in [1.807, 2.05) is 6.07 Å². The van der Waals surface area contributed by atoms with Gasteiger partial charge < -0.3 is 4.74 Å². The van der Waals surface area contributed by atoms with E-state index in [0.29, 0.717) is 12.4 Å². The molecule has 0 unspecified atom stereocenters. The first kappa shape index (κ1) is 14.0. The number of ether oxygens (including phenoxy) is 1. The summed E-state index contributed by atoms with van der Waals surface area (Å²) in [6, 6.07) is 8.26. The average Bonchev–Trinajstić information content (AvgIpc) is 2.36. The summed E-state index contributed by atoms with van der Waals surface area (Å²) in [5, 5.41) is 0. The Morgan fingerprint density at radius 1 is 1.21 bits per heavy atom. The molecule has 6 heteroatoms. The lowest BCUT2D eigenvalue weighted by Gasteiger charge is -2.07. The topological polar surface area (TPSA) is 56.3 Å². The Bertz CT molecular complexity index is 669. The van der Waals surface area contributed by atoms with Crippen LogP contribution in [0.3, 0.4) is 0 Å². The molecular formula is C13H12BrNO3S. The maximum Gasteiger partial charge on any atom is 0.175 e. The third-order valence-corrected chi connectivity index (χ3v) is 3.98. The highest BCUT2D eigenvalue weighted by Gasteiger charge is 2.06. The largest absolute Gasteiger partial charge is 0.489 e. The third-order valence-electron chi connectivity index (χ3n) is 2.42. The van der Waals surface area contributed by atoms with Gasteiger partial charge in [0.15, 0.2) is 9.84 Å². The van der Waals surface area contributed by atoms with Crippen LogP contribution in [0.25, 0.3) is 0 Å². The van der Waals surface area contributed by atoms with Gasteiger partial charge in [-0.05, 0) is 46.3 Å². The molecule has 1 heterocycles. The molecule has 0 saturated carbocycles. The number of sulfone groups is 1. The Morgan fingerprint density at radius 3 is 2.47 bits per heavy atom. The van der Waals surface area contributed by atoms with Crippen LogP contribution in [-0.4, -0.2) is 19.7 Å². The van der Waals surface area contributed by atoms with Crippen LogP contribution in [0, 0.1) is 0 Å². The first-order valence-corrected chi connectivity index (χ1v) is 8.16. The van der Waals surface area contributed by atoms with Gasteiger partial charge in [-0.3, -0.25) is 4.98 Å². The molecule has 2 aromatic rings. The smallest absolute Gasteiger partial charge is 0.175 e. The van der Waals surface area contributed by atoms with Crippen LogP contribution in [0.1, 0.15) is 5.56 Å². The Hall–Kier alpha value is -1.40. The molecule has 0 saturated heterocycles. The molecule has 0 spiro atoms. The van der Waals surface area contributed by atoms with E-state index in [9.17, 15) is 8.42 Å². The van der Waals surface area contributed by atoms with Crippen molar-refractivity contribution >= 4 is 25.8 Å². The van der Waals surface area contributed by atoms with Crippen molar-refractivity contribution in [3.63, 3.8) is 0 Å². The lowest BCUT2D eigenvalue weighted by Crippen LogP contribution is -1.98. The second-order valence-electron chi connectivity index (χ2n) is 4.04. The molecular weight excluding hydrogens is 330 g/mol. The van der Waals surface area contributed by atoms with Gasteiger partial charge in [0, 0.05) is 28.7 Å². The van der Waals surface area contributed by atoms with Gasteiger partial charge in [-0.2, -0.15) is 0 Å². The van der Waals surface area contributed by atoms with E-state index in [0.717, 1.165) is 10.0 Å². The molecule has 2 rings (SSSR count). The second kappa shape index (κ2) is 5.71. The third kappa shape index (κ3) is 4.04. The fourth-order valence-corrected chi connectivity index (χ4v) is 2.53. The molecule has 1 aromatic heterocycles. The van der Waals surface area contributed by atoms with Crippen molar-refractivity contribution in [1.29, 1.82) is 0 Å². The molecule has 100 valence electrons. The van der Waals surface area contributed by atoms with Gasteiger partial charge in [0.05, 0.1) is 4.90 Å². The van der Waals surface area contributed by atoms with E-state index >= 15 is 0 Å². The van der Waals surface area contributed by atoms with Gasteiger partial charge in [-0.15, -0.1) is 0 Å². The van der Waals surface area contributed by atoms with Crippen molar-refractivity contribution in [1.82, 2.24) is 4.98 Å². The molecule has 0 atom stereocenters. The predicted molar refractivity (Wildman–Crippen MR) is 75.8 cm³/mol. The van der Waals surface area contributed by atoms with Crippen LogP contribution in [0.5, 0.6) is 5.75 Å². The molecule has 0 N–H and O–H groups in total. The van der Waals surface area contributed by atoms with Crippen LogP contribution < -0.4 is 4.74 Å². The van der Waals surface area contributed by atoms with E-state index in [-0.39, 0.29) is 4.90 Å². The van der Waals surface area contributed by atoms with Crippen LogP contribution in [0.2, 0.25) is 0 Å². The minimum absolute atomic E-state index is 0.281. The number of nitrogens with zero attached hydrogens (tertiary/aromatic N) is 1. The maximum atomic E-state index is 11.3. The van der Waals surface area contributed by atoms with Crippen molar-refractivity contribution in [3.05, 3.63) is 52.8 Å². The molecule has 0 bridgehead atoms. The summed E-state index contributed by atoms with van der Waals surface area (Å²) in [7, 11) is -3.16. The zero-order valence-corrected chi connectivity index (χ0v) is 12.6. The highest BCUT2D eigenvalue weighted by molar-refractivity contribution is 9.10. The summed E-state index contributed by atoms with van der Waals surface area (Å²) < 4.78 is 29.1. The van der Waals surface area contributed by atoms with Gasteiger partial charge in [-0.1, -0.05) is 0 Å². The SMILES string of the molecule is CS(=O)(=O)c1ccc(OCc2cncc(Br)c2)cc1. The number of hydrogen-bond donors (Lipinski definition) is 0. The van der Waals surface area contributed by atoms with Crippen molar-refractivity contribution in [3.8, 4) is 5.75 Å². The van der Waals surface area contributed by atoms with Crippen LogP contribution >= 0.6 is 15.9 Å². The molecule has 0 amide bonds. The minimum atomic E-state index is -3.16. The summed E-state index contributed by atoms with van der Waals surface area (Å²) in [6.07, 6.45) is 4.59. The fourth-order valence-electron chi connectivity index (χ4n) is 1.48. The number of aromatic nitrogens is 1. The normalized spacial score (nSPS) is 11.3. The predicted octanol–water partition coefficient (Wildman–Crippen LogP) is 2.83. The minimum Gasteiger partial charge on any atom is -0.489 e. The Morgan fingerprint density at radius 2 is 1.89 bits per heavy atom. The summed E-state index contributed by atoms with van der Waals surface area (Å²) in [5.41, 5.74) is 0.932. The monoisotopic (exact) mass is 341 g/mol. The van der Waals surface area contributed by atoms with E-state index in [1.165, 1.54) is 18.4 Å². The van der Waals surface area contributed by atoms with Crippen molar-refractivity contribution in [2.45, 2.75) is 11.5 Å². The lowest BCUT2D eigenvalue weighted by atomic mass is 10.3. The number of halogens is 1. The lowest BCUT2D eigenvalue weighted by molar-refractivity contribution is 0.305. The van der Waals surface area contributed by atoms with Crippen molar-refractivity contribution < 1.29 is 13.2 Å². The number of rotatable bonds is 4. The molecule has 0 aliphatic carbocycles. The molecule has 0 radical (unpaired) electrons. The number of benzene rings is 1. The maximum absolute atomic E-state index is 11.3. The Labute approximate surface area is 120 Å².